The number of amides is 1. The van der Waals surface area contributed by atoms with Gasteiger partial charge in [0.25, 0.3) is 5.91 Å². The Balaban J connectivity index is 1.91. The van der Waals surface area contributed by atoms with Crippen molar-refractivity contribution in [2.24, 2.45) is 0 Å². The van der Waals surface area contributed by atoms with Gasteiger partial charge in [0, 0.05) is 13.0 Å². The second-order valence-corrected chi connectivity index (χ2v) is 7.37. The van der Waals surface area contributed by atoms with Crippen LogP contribution in [-0.4, -0.2) is 47.9 Å². The molecule has 0 unspecified atom stereocenters. The van der Waals surface area contributed by atoms with Crippen LogP contribution in [0.4, 0.5) is 0 Å². The molecule has 2 N–H and O–H groups in total. The smallest absolute Gasteiger partial charge is 0.290 e. The molecule has 0 saturated heterocycles. The predicted octanol–water partition coefficient (Wildman–Crippen LogP) is 2.48. The van der Waals surface area contributed by atoms with Crippen LogP contribution in [0.25, 0.3) is 0 Å². The Morgan fingerprint density at radius 3 is 2.41 bits per heavy atom. The third kappa shape index (κ3) is 4.27. The maximum atomic E-state index is 13.1. The van der Waals surface area contributed by atoms with E-state index in [2.05, 4.69) is 13.8 Å². The number of aryl methyl sites for hydroxylation is 1. The first-order valence-electron chi connectivity index (χ1n) is 10.2. The summed E-state index contributed by atoms with van der Waals surface area (Å²) in [5.41, 5.74) is 0.887. The number of rotatable bonds is 9. The molecule has 2 aromatic rings. The highest BCUT2D eigenvalue weighted by atomic mass is 16.3. The van der Waals surface area contributed by atoms with Gasteiger partial charge in [0.15, 0.2) is 11.5 Å². The van der Waals surface area contributed by atoms with Crippen molar-refractivity contribution < 1.29 is 24.0 Å². The highest BCUT2D eigenvalue weighted by Crippen LogP contribution is 2.39. The molecule has 0 spiro atoms. The molecule has 29 heavy (non-hydrogen) atoms. The van der Waals surface area contributed by atoms with Gasteiger partial charge in [-0.2, -0.15) is 0 Å². The Labute approximate surface area is 171 Å². The fraction of sp³-hybridized carbons (Fsp3) is 0.391. The first-order valence-corrected chi connectivity index (χ1v) is 10.2. The fourth-order valence-electron chi connectivity index (χ4n) is 3.89. The van der Waals surface area contributed by atoms with Crippen LogP contribution in [0.5, 0.6) is 0 Å². The molecule has 0 radical (unpaired) electrons. The molecule has 1 atom stereocenters. The molecular weight excluding hydrogens is 368 g/mol. The molecule has 6 nitrogen and oxygen atoms in total. The topological polar surface area (TPSA) is 75.2 Å². The van der Waals surface area contributed by atoms with Crippen LogP contribution in [0.15, 0.2) is 58.2 Å². The quantitative estimate of drug-likeness (QED) is 0.638. The lowest BCUT2D eigenvalue weighted by atomic mass is 9.95. The molecule has 2 heterocycles. The number of Topliss-reactive ketones (excluding diaryl/α,β-unsaturated/α-hetero) is 1. The summed E-state index contributed by atoms with van der Waals surface area (Å²) in [6, 6.07) is 12.0. The van der Waals surface area contributed by atoms with Crippen LogP contribution in [0, 0.1) is 6.92 Å². The van der Waals surface area contributed by atoms with E-state index in [1.54, 1.807) is 24.0 Å². The van der Waals surface area contributed by atoms with Crippen molar-refractivity contribution in [1.29, 1.82) is 0 Å². The van der Waals surface area contributed by atoms with Crippen molar-refractivity contribution in [3.63, 3.8) is 0 Å². The number of nitrogens with one attached hydrogen (secondary N) is 1. The van der Waals surface area contributed by atoms with E-state index < -0.39 is 23.5 Å². The second-order valence-electron chi connectivity index (χ2n) is 7.37. The Hall–Kier alpha value is -2.86. The van der Waals surface area contributed by atoms with E-state index in [9.17, 15) is 14.7 Å². The Bertz CT molecular complexity index is 897. The first-order chi connectivity index (χ1) is 14.0. The minimum absolute atomic E-state index is 0.0886. The molecule has 3 rings (SSSR count). The van der Waals surface area contributed by atoms with Gasteiger partial charge in [0.05, 0.1) is 31.2 Å². The molecule has 0 aliphatic carbocycles. The van der Waals surface area contributed by atoms with Crippen molar-refractivity contribution in [3.05, 3.63) is 70.9 Å². The SMILES string of the molecule is CC[NH+](CC)CCCN1C(=O)C(O)=C(C(=O)c2ccc(C)o2)[C@H]1c1ccccc1. The van der Waals surface area contributed by atoms with Gasteiger partial charge in [-0.25, -0.2) is 0 Å². The minimum atomic E-state index is -0.617. The third-order valence-electron chi connectivity index (χ3n) is 5.56. The fourth-order valence-corrected chi connectivity index (χ4v) is 3.89. The highest BCUT2D eigenvalue weighted by molar-refractivity contribution is 6.15. The van der Waals surface area contributed by atoms with E-state index >= 15 is 0 Å². The van der Waals surface area contributed by atoms with Crippen molar-refractivity contribution in [1.82, 2.24) is 4.90 Å². The van der Waals surface area contributed by atoms with Crippen LogP contribution in [0.1, 0.15) is 48.2 Å². The van der Waals surface area contributed by atoms with Gasteiger partial charge in [-0.05, 0) is 38.5 Å². The number of carbonyl (C=O) groups is 2. The molecule has 6 heteroatoms. The number of aliphatic hydroxyl groups excluding tert-OH is 1. The first kappa shape index (κ1) is 20.9. The second kappa shape index (κ2) is 9.09. The van der Waals surface area contributed by atoms with Crippen molar-refractivity contribution >= 4 is 11.7 Å². The van der Waals surface area contributed by atoms with Gasteiger partial charge in [-0.3, -0.25) is 9.59 Å². The number of quaternary nitrogens is 1. The molecule has 0 fully saturated rings. The van der Waals surface area contributed by atoms with Gasteiger partial charge < -0.3 is 19.3 Å². The number of furan rings is 1. The average molecular weight is 397 g/mol. The Kier molecular flexibility index (Phi) is 6.54. The number of aliphatic hydroxyl groups is 1. The van der Waals surface area contributed by atoms with Crippen LogP contribution >= 0.6 is 0 Å². The lowest BCUT2D eigenvalue weighted by Crippen LogP contribution is -3.11. The average Bonchev–Trinajstić information content (AvgIpc) is 3.28. The van der Waals surface area contributed by atoms with Gasteiger partial charge in [0.2, 0.25) is 5.78 Å². The van der Waals surface area contributed by atoms with Crippen molar-refractivity contribution in [3.8, 4) is 0 Å². The van der Waals surface area contributed by atoms with Crippen LogP contribution in [0.2, 0.25) is 0 Å². The summed E-state index contributed by atoms with van der Waals surface area (Å²) >= 11 is 0. The molecule has 1 aliphatic rings. The number of nitrogens with zero attached hydrogens (tertiary/aromatic N) is 1. The number of carbonyl (C=O) groups excluding carboxylic acids is 2. The zero-order valence-corrected chi connectivity index (χ0v) is 17.3. The normalized spacial score (nSPS) is 16.9. The summed E-state index contributed by atoms with van der Waals surface area (Å²) in [5, 5.41) is 10.6. The third-order valence-corrected chi connectivity index (χ3v) is 5.56. The zero-order valence-electron chi connectivity index (χ0n) is 17.3. The number of ketones is 1. The van der Waals surface area contributed by atoms with Crippen molar-refractivity contribution in [2.45, 2.75) is 33.2 Å². The van der Waals surface area contributed by atoms with E-state index in [1.165, 1.54) is 4.90 Å². The number of hydrogen-bond donors (Lipinski definition) is 2. The van der Waals surface area contributed by atoms with Gasteiger partial charge >= 0.3 is 0 Å². The largest absolute Gasteiger partial charge is 0.503 e. The monoisotopic (exact) mass is 397 g/mol. The lowest BCUT2D eigenvalue weighted by molar-refractivity contribution is -0.896. The van der Waals surface area contributed by atoms with Gasteiger partial charge in [0.1, 0.15) is 5.76 Å². The lowest BCUT2D eigenvalue weighted by Gasteiger charge is -2.27. The summed E-state index contributed by atoms with van der Waals surface area (Å²) < 4.78 is 5.47. The van der Waals surface area contributed by atoms with Gasteiger partial charge in [-0.1, -0.05) is 30.3 Å². The summed E-state index contributed by atoms with van der Waals surface area (Å²) in [5.74, 6) is -0.692. The van der Waals surface area contributed by atoms with Crippen LogP contribution in [0.3, 0.4) is 0 Å². The van der Waals surface area contributed by atoms with E-state index in [0.29, 0.717) is 12.3 Å². The summed E-state index contributed by atoms with van der Waals surface area (Å²) in [6.45, 7) is 9.49. The van der Waals surface area contributed by atoms with E-state index in [-0.39, 0.29) is 11.3 Å². The standard InChI is InChI=1S/C23H28N2O4/c1-4-24(5-2)14-9-15-25-20(17-10-7-6-8-11-17)19(22(27)23(25)28)21(26)18-13-12-16(3)29-18/h6-8,10-13,20,27H,4-5,9,14-15H2,1-3H3/p+1/t20-/m1/s1. The number of hydrogen-bond acceptors (Lipinski definition) is 4. The predicted molar refractivity (Wildman–Crippen MR) is 110 cm³/mol. The zero-order chi connectivity index (χ0) is 21.0. The molecule has 1 aromatic carbocycles. The highest BCUT2D eigenvalue weighted by Gasteiger charge is 2.44. The summed E-state index contributed by atoms with van der Waals surface area (Å²) in [7, 11) is 0. The molecule has 1 aliphatic heterocycles. The van der Waals surface area contributed by atoms with Crippen LogP contribution < -0.4 is 4.90 Å². The molecule has 1 aromatic heterocycles. The maximum absolute atomic E-state index is 13.1. The number of benzene rings is 1. The molecular formula is C23H29N2O4+. The van der Waals surface area contributed by atoms with E-state index in [1.807, 2.05) is 30.3 Å². The molecule has 154 valence electrons. The molecule has 0 saturated carbocycles. The molecule has 1 amide bonds. The van der Waals surface area contributed by atoms with Crippen LogP contribution in [-0.2, 0) is 4.79 Å². The van der Waals surface area contributed by atoms with Crippen molar-refractivity contribution in [2.75, 3.05) is 26.2 Å². The summed E-state index contributed by atoms with van der Waals surface area (Å²) in [6.07, 6.45) is 0.792. The Morgan fingerprint density at radius 2 is 1.83 bits per heavy atom. The maximum Gasteiger partial charge on any atom is 0.290 e. The molecule has 0 bridgehead atoms. The van der Waals surface area contributed by atoms with Gasteiger partial charge in [-0.15, -0.1) is 0 Å². The Morgan fingerprint density at radius 1 is 1.14 bits per heavy atom. The van der Waals surface area contributed by atoms with E-state index in [0.717, 1.165) is 31.6 Å². The minimum Gasteiger partial charge on any atom is -0.503 e. The summed E-state index contributed by atoms with van der Waals surface area (Å²) in [4.78, 5) is 29.1. The van der Waals surface area contributed by atoms with E-state index in [4.69, 9.17) is 4.42 Å².